The fourth-order valence-electron chi connectivity index (χ4n) is 1.73. The van der Waals surface area contributed by atoms with Crippen molar-refractivity contribution in [2.75, 3.05) is 18.5 Å². The monoisotopic (exact) mass is 362 g/mol. The van der Waals surface area contributed by atoms with Gasteiger partial charge in [0.05, 0.1) is 16.6 Å². The van der Waals surface area contributed by atoms with Crippen molar-refractivity contribution >= 4 is 56.9 Å². The smallest absolute Gasteiger partial charge is 0.252 e. The Labute approximate surface area is 140 Å². The molecule has 21 heavy (non-hydrogen) atoms. The van der Waals surface area contributed by atoms with E-state index in [1.165, 1.54) is 35.5 Å². The molecular formula is C13H12Cl2N2O2S2. The second kappa shape index (κ2) is 6.62. The Morgan fingerprint density at radius 1 is 1.48 bits per heavy atom. The number of carbonyl (C=O) groups excluding carboxylic acids is 1. The van der Waals surface area contributed by atoms with Crippen molar-refractivity contribution in [3.05, 3.63) is 20.1 Å². The second-order valence-corrected chi connectivity index (χ2v) is 7.93. The number of halogens is 2. The topological polar surface area (TPSA) is 51.2 Å². The van der Waals surface area contributed by atoms with Gasteiger partial charge in [-0.3, -0.25) is 10.1 Å². The van der Waals surface area contributed by atoms with E-state index < -0.39 is 0 Å². The lowest BCUT2D eigenvalue weighted by molar-refractivity contribution is -0.120. The van der Waals surface area contributed by atoms with Crippen LogP contribution >= 0.6 is 45.9 Å². The van der Waals surface area contributed by atoms with Crippen LogP contribution in [0, 0.1) is 5.92 Å². The zero-order chi connectivity index (χ0) is 14.8. The molecule has 1 N–H and O–H groups in total. The lowest BCUT2D eigenvalue weighted by Gasteiger charge is -2.02. The predicted molar refractivity (Wildman–Crippen MR) is 87.6 cm³/mol. The van der Waals surface area contributed by atoms with E-state index in [-0.39, 0.29) is 12.5 Å². The first-order valence-electron chi connectivity index (χ1n) is 6.40. The molecule has 2 aromatic rings. The molecular weight excluding hydrogens is 351 g/mol. The third kappa shape index (κ3) is 4.17. The predicted octanol–water partition coefficient (Wildman–Crippen LogP) is 4.54. The summed E-state index contributed by atoms with van der Waals surface area (Å²) in [4.78, 5) is 16.1. The van der Waals surface area contributed by atoms with Crippen LogP contribution < -0.4 is 5.32 Å². The molecule has 1 fully saturated rings. The molecule has 0 unspecified atom stereocenters. The molecule has 1 amide bonds. The van der Waals surface area contributed by atoms with Crippen molar-refractivity contribution < 1.29 is 9.53 Å². The minimum Gasteiger partial charge on any atom is -0.371 e. The Morgan fingerprint density at radius 2 is 2.29 bits per heavy atom. The van der Waals surface area contributed by atoms with Gasteiger partial charge in [-0.2, -0.15) is 0 Å². The van der Waals surface area contributed by atoms with Gasteiger partial charge in [-0.1, -0.05) is 23.2 Å². The molecule has 4 nitrogen and oxygen atoms in total. The number of nitrogens with one attached hydrogen (secondary N) is 1. The zero-order valence-corrected chi connectivity index (χ0v) is 14.0. The average molecular weight is 363 g/mol. The summed E-state index contributed by atoms with van der Waals surface area (Å²) >= 11 is 14.7. The fraction of sp³-hybridized carbons (Fsp3) is 0.385. The summed E-state index contributed by atoms with van der Waals surface area (Å²) in [6.07, 6.45) is 2.42. The Balaban J connectivity index is 1.56. The lowest BCUT2D eigenvalue weighted by atomic mass is 10.3. The SMILES string of the molecule is O=C(COCC1CC1)Nc1nc(-c2cc(Cl)sc2Cl)cs1. The molecule has 0 bridgehead atoms. The number of rotatable bonds is 6. The molecule has 0 spiro atoms. The van der Waals surface area contributed by atoms with Crippen molar-refractivity contribution in [1.82, 2.24) is 4.98 Å². The molecule has 3 rings (SSSR count). The van der Waals surface area contributed by atoms with E-state index in [1.54, 1.807) is 6.07 Å². The van der Waals surface area contributed by atoms with Crippen LogP contribution in [0.5, 0.6) is 0 Å². The number of ether oxygens (including phenoxy) is 1. The molecule has 2 aromatic heterocycles. The summed E-state index contributed by atoms with van der Waals surface area (Å²) in [6, 6.07) is 1.77. The normalized spacial score (nSPS) is 14.4. The van der Waals surface area contributed by atoms with Crippen LogP contribution in [-0.4, -0.2) is 24.1 Å². The summed E-state index contributed by atoms with van der Waals surface area (Å²) in [5.74, 6) is 0.459. The van der Waals surface area contributed by atoms with E-state index in [9.17, 15) is 4.79 Å². The maximum Gasteiger partial charge on any atom is 0.252 e. The summed E-state index contributed by atoms with van der Waals surface area (Å²) in [5.41, 5.74) is 1.50. The molecule has 0 atom stereocenters. The van der Waals surface area contributed by atoms with Crippen LogP contribution in [0.1, 0.15) is 12.8 Å². The molecule has 2 heterocycles. The van der Waals surface area contributed by atoms with Crippen LogP contribution in [0.2, 0.25) is 8.67 Å². The van der Waals surface area contributed by atoms with Gasteiger partial charge in [-0.05, 0) is 24.8 Å². The highest BCUT2D eigenvalue weighted by Crippen LogP contribution is 2.38. The number of hydrogen-bond donors (Lipinski definition) is 1. The maximum atomic E-state index is 11.7. The molecule has 112 valence electrons. The maximum absolute atomic E-state index is 11.7. The molecule has 0 saturated heterocycles. The number of nitrogens with zero attached hydrogens (tertiary/aromatic N) is 1. The summed E-state index contributed by atoms with van der Waals surface area (Å²) in [6.45, 7) is 0.732. The van der Waals surface area contributed by atoms with Crippen molar-refractivity contribution in [3.63, 3.8) is 0 Å². The van der Waals surface area contributed by atoms with Gasteiger partial charge in [0.2, 0.25) is 0 Å². The van der Waals surface area contributed by atoms with Gasteiger partial charge >= 0.3 is 0 Å². The van der Waals surface area contributed by atoms with E-state index >= 15 is 0 Å². The summed E-state index contributed by atoms with van der Waals surface area (Å²) < 4.78 is 6.54. The number of thiazole rings is 1. The van der Waals surface area contributed by atoms with Gasteiger partial charge in [0.25, 0.3) is 5.91 Å². The number of aromatic nitrogens is 1. The average Bonchev–Trinajstić information content (AvgIpc) is 3.03. The van der Waals surface area contributed by atoms with Gasteiger partial charge < -0.3 is 4.74 Å². The van der Waals surface area contributed by atoms with Gasteiger partial charge in [-0.15, -0.1) is 22.7 Å². The van der Waals surface area contributed by atoms with Gasteiger partial charge in [0.15, 0.2) is 5.13 Å². The molecule has 1 aliphatic carbocycles. The van der Waals surface area contributed by atoms with Crippen LogP contribution in [0.4, 0.5) is 5.13 Å². The van der Waals surface area contributed by atoms with Crippen molar-refractivity contribution in [1.29, 1.82) is 0 Å². The molecule has 8 heteroatoms. The Morgan fingerprint density at radius 3 is 2.95 bits per heavy atom. The first kappa shape index (κ1) is 15.2. The third-order valence-electron chi connectivity index (χ3n) is 2.97. The van der Waals surface area contributed by atoms with Crippen LogP contribution in [-0.2, 0) is 9.53 Å². The van der Waals surface area contributed by atoms with Crippen LogP contribution in [0.3, 0.4) is 0 Å². The van der Waals surface area contributed by atoms with E-state index in [2.05, 4.69) is 10.3 Å². The number of amides is 1. The number of carbonyl (C=O) groups is 1. The number of hydrogen-bond acceptors (Lipinski definition) is 5. The first-order valence-corrected chi connectivity index (χ1v) is 8.85. The van der Waals surface area contributed by atoms with Crippen molar-refractivity contribution in [3.8, 4) is 11.3 Å². The molecule has 1 aliphatic rings. The Hall–Kier alpha value is -0.660. The highest BCUT2D eigenvalue weighted by atomic mass is 35.5. The van der Waals surface area contributed by atoms with Gasteiger partial charge in [0.1, 0.15) is 10.9 Å². The standard InChI is InChI=1S/C13H12Cl2N2O2S2/c14-10-3-8(12(15)21-10)9-6-20-13(16-9)17-11(18)5-19-4-7-1-2-7/h3,6-7H,1-2,4-5H2,(H,16,17,18). The molecule has 0 radical (unpaired) electrons. The lowest BCUT2D eigenvalue weighted by Crippen LogP contribution is -2.18. The number of anilines is 1. The second-order valence-electron chi connectivity index (χ2n) is 4.78. The largest absolute Gasteiger partial charge is 0.371 e. The summed E-state index contributed by atoms with van der Waals surface area (Å²) in [5, 5.41) is 5.09. The van der Waals surface area contributed by atoms with E-state index in [4.69, 9.17) is 27.9 Å². The highest BCUT2D eigenvalue weighted by molar-refractivity contribution is 7.20. The van der Waals surface area contributed by atoms with Gasteiger partial charge in [-0.25, -0.2) is 4.98 Å². The van der Waals surface area contributed by atoms with Gasteiger partial charge in [0, 0.05) is 10.9 Å². The summed E-state index contributed by atoms with van der Waals surface area (Å²) in [7, 11) is 0. The van der Waals surface area contributed by atoms with E-state index in [1.807, 2.05) is 5.38 Å². The zero-order valence-electron chi connectivity index (χ0n) is 10.9. The first-order chi connectivity index (χ1) is 10.1. The fourth-order valence-corrected chi connectivity index (χ4v) is 3.94. The minimum atomic E-state index is -0.189. The minimum absolute atomic E-state index is 0.0659. The molecule has 0 aromatic carbocycles. The molecule has 1 saturated carbocycles. The van der Waals surface area contributed by atoms with Crippen LogP contribution in [0.25, 0.3) is 11.3 Å². The van der Waals surface area contributed by atoms with Crippen molar-refractivity contribution in [2.24, 2.45) is 5.92 Å². The number of thiophene rings is 1. The quantitative estimate of drug-likeness (QED) is 0.820. The Bertz CT molecular complexity index is 652. The van der Waals surface area contributed by atoms with E-state index in [0.717, 1.165) is 5.56 Å². The molecule has 0 aliphatic heterocycles. The van der Waals surface area contributed by atoms with E-state index in [0.29, 0.717) is 32.0 Å². The highest BCUT2D eigenvalue weighted by Gasteiger charge is 2.21. The third-order valence-corrected chi connectivity index (χ3v) is 5.21. The van der Waals surface area contributed by atoms with Crippen molar-refractivity contribution in [2.45, 2.75) is 12.8 Å². The van der Waals surface area contributed by atoms with Crippen LogP contribution in [0.15, 0.2) is 11.4 Å². The Kier molecular flexibility index (Phi) is 4.81.